The first kappa shape index (κ1) is 27.1. The minimum atomic E-state index is -0.890. The first-order valence-electron chi connectivity index (χ1n) is 11.8. The van der Waals surface area contributed by atoms with E-state index >= 15 is 0 Å². The van der Waals surface area contributed by atoms with Crippen molar-refractivity contribution in [1.29, 1.82) is 0 Å². The number of carboxylic acid groups (broad SMARTS) is 1. The minimum Gasteiger partial charge on any atom is -0.493 e. The van der Waals surface area contributed by atoms with Gasteiger partial charge in [0.05, 0.1) is 26.6 Å². The molecule has 0 aliphatic heterocycles. The quantitative estimate of drug-likeness (QED) is 0.279. The van der Waals surface area contributed by atoms with Crippen LogP contribution in [0.1, 0.15) is 24.5 Å². The summed E-state index contributed by atoms with van der Waals surface area (Å²) in [7, 11) is 1.51. The summed E-state index contributed by atoms with van der Waals surface area (Å²) in [6, 6.07) is 19.2. The lowest BCUT2D eigenvalue weighted by molar-refractivity contribution is -0.138. The average molecular weight is 506 g/mol. The summed E-state index contributed by atoms with van der Waals surface area (Å²) in [5.74, 6) is -0.412. The molecule has 3 aromatic carbocycles. The second kappa shape index (κ2) is 13.0. The molecule has 3 amide bonds. The van der Waals surface area contributed by atoms with Gasteiger partial charge in [-0.15, -0.1) is 0 Å². The smallest absolute Gasteiger partial charge is 0.323 e. The van der Waals surface area contributed by atoms with Crippen LogP contribution in [0, 0.1) is 12.8 Å². The molecule has 0 radical (unpaired) electrons. The van der Waals surface area contributed by atoms with E-state index in [0.29, 0.717) is 22.9 Å². The Balaban J connectivity index is 1.54. The van der Waals surface area contributed by atoms with E-state index in [1.807, 2.05) is 31.2 Å². The molecule has 0 unspecified atom stereocenters. The Bertz CT molecular complexity index is 1240. The van der Waals surface area contributed by atoms with Crippen molar-refractivity contribution < 1.29 is 29.0 Å². The third kappa shape index (κ3) is 8.57. The number of carbonyl (C=O) groups is 3. The fourth-order valence-corrected chi connectivity index (χ4v) is 3.55. The van der Waals surface area contributed by atoms with Crippen molar-refractivity contribution in [3.05, 3.63) is 77.9 Å². The molecule has 0 aliphatic rings. The zero-order chi connectivity index (χ0) is 26.8. The minimum absolute atomic E-state index is 0.00950. The molecule has 0 bridgehead atoms. The van der Waals surface area contributed by atoms with Gasteiger partial charge in [0.1, 0.15) is 0 Å². The van der Waals surface area contributed by atoms with Gasteiger partial charge in [0, 0.05) is 29.0 Å². The number of hydrogen-bond acceptors (Lipinski definition) is 5. The van der Waals surface area contributed by atoms with E-state index in [2.05, 4.69) is 16.0 Å². The number of carbonyl (C=O) groups excluding carboxylic acids is 2. The van der Waals surface area contributed by atoms with Crippen molar-refractivity contribution >= 4 is 35.0 Å². The van der Waals surface area contributed by atoms with Crippen LogP contribution in [0.3, 0.4) is 0 Å². The van der Waals surface area contributed by atoms with Gasteiger partial charge >= 0.3 is 12.0 Å². The first-order chi connectivity index (χ1) is 17.7. The number of aliphatic carboxylic acids is 1. The van der Waals surface area contributed by atoms with Crippen LogP contribution in [-0.2, 0) is 16.0 Å². The number of nitrogens with one attached hydrogen (secondary N) is 3. The fourth-order valence-electron chi connectivity index (χ4n) is 3.55. The molecule has 9 heteroatoms. The van der Waals surface area contributed by atoms with E-state index < -0.39 is 5.97 Å². The predicted molar refractivity (Wildman–Crippen MR) is 143 cm³/mol. The molecule has 3 rings (SSSR count). The molecular weight excluding hydrogens is 474 g/mol. The van der Waals surface area contributed by atoms with Gasteiger partial charge in [-0.25, -0.2) is 4.79 Å². The number of ether oxygens (including phenoxy) is 2. The Morgan fingerprint density at radius 2 is 1.59 bits per heavy atom. The molecule has 3 aromatic rings. The topological polar surface area (TPSA) is 126 Å². The summed E-state index contributed by atoms with van der Waals surface area (Å²) in [5, 5.41) is 17.3. The van der Waals surface area contributed by atoms with Crippen LogP contribution in [0.2, 0.25) is 0 Å². The number of urea groups is 1. The van der Waals surface area contributed by atoms with E-state index in [0.717, 1.165) is 16.8 Å². The lowest BCUT2D eigenvalue weighted by Crippen LogP contribution is -2.20. The van der Waals surface area contributed by atoms with Crippen molar-refractivity contribution in [2.24, 2.45) is 5.92 Å². The zero-order valence-corrected chi connectivity index (χ0v) is 21.0. The Morgan fingerprint density at radius 3 is 2.27 bits per heavy atom. The van der Waals surface area contributed by atoms with E-state index in [9.17, 15) is 14.4 Å². The maximum atomic E-state index is 12.6. The van der Waals surface area contributed by atoms with Gasteiger partial charge in [0.15, 0.2) is 11.5 Å². The molecular formula is C28H31N3O6. The zero-order valence-electron chi connectivity index (χ0n) is 21.0. The number of amides is 3. The maximum Gasteiger partial charge on any atom is 0.323 e. The van der Waals surface area contributed by atoms with Crippen molar-refractivity contribution in [3.63, 3.8) is 0 Å². The van der Waals surface area contributed by atoms with Gasteiger partial charge in [-0.1, -0.05) is 37.3 Å². The van der Waals surface area contributed by atoms with Gasteiger partial charge < -0.3 is 30.5 Å². The van der Waals surface area contributed by atoms with Gasteiger partial charge in [-0.3, -0.25) is 9.59 Å². The molecule has 0 aromatic heterocycles. The molecule has 0 fully saturated rings. The molecule has 0 heterocycles. The molecule has 4 N–H and O–H groups in total. The number of hydrogen-bond donors (Lipinski definition) is 4. The van der Waals surface area contributed by atoms with Crippen LogP contribution >= 0.6 is 0 Å². The second-order valence-corrected chi connectivity index (χ2v) is 8.70. The van der Waals surface area contributed by atoms with E-state index in [1.54, 1.807) is 49.4 Å². The van der Waals surface area contributed by atoms with Crippen molar-refractivity contribution in [2.45, 2.75) is 26.7 Å². The summed E-state index contributed by atoms with van der Waals surface area (Å²) in [5.41, 5.74) is 3.59. The Morgan fingerprint density at radius 1 is 0.892 bits per heavy atom. The number of methoxy groups -OCH3 is 1. The second-order valence-electron chi connectivity index (χ2n) is 8.70. The van der Waals surface area contributed by atoms with E-state index in [-0.39, 0.29) is 37.3 Å². The third-order valence-corrected chi connectivity index (χ3v) is 5.46. The highest BCUT2D eigenvalue weighted by atomic mass is 16.5. The van der Waals surface area contributed by atoms with Crippen LogP contribution in [0.4, 0.5) is 21.9 Å². The standard InChI is InChI=1S/C28H31N3O6/c1-18(14-27(33)34)17-37-25-16-22(12-13-24(25)36-3)29-26(32)15-20-8-10-21(11-9-20)30-28(35)31-23-7-5-4-6-19(23)2/h4-13,16,18H,14-15,17H2,1-3H3,(H,29,32)(H,33,34)(H2,30,31,35)/t18-/m0/s1. The number of benzene rings is 3. The van der Waals surface area contributed by atoms with Crippen LogP contribution in [0.15, 0.2) is 66.7 Å². The highest BCUT2D eigenvalue weighted by molar-refractivity contribution is 6.00. The third-order valence-electron chi connectivity index (χ3n) is 5.46. The number of carboxylic acids is 1. The van der Waals surface area contributed by atoms with Crippen molar-refractivity contribution in [3.8, 4) is 11.5 Å². The number of anilines is 3. The summed E-state index contributed by atoms with van der Waals surface area (Å²) in [4.78, 5) is 35.7. The SMILES string of the molecule is COc1ccc(NC(=O)Cc2ccc(NC(=O)Nc3ccccc3C)cc2)cc1OC[C@@H](C)CC(=O)O. The van der Waals surface area contributed by atoms with Crippen molar-refractivity contribution in [2.75, 3.05) is 29.7 Å². The Labute approximate surface area is 215 Å². The fraction of sp³-hybridized carbons (Fsp3) is 0.250. The summed E-state index contributed by atoms with van der Waals surface area (Å²) in [6.07, 6.45) is 0.123. The normalized spacial score (nSPS) is 11.2. The number of rotatable bonds is 11. The van der Waals surface area contributed by atoms with Crippen LogP contribution in [0.25, 0.3) is 0 Å². The first-order valence-corrected chi connectivity index (χ1v) is 11.8. The largest absolute Gasteiger partial charge is 0.493 e. The maximum absolute atomic E-state index is 12.6. The molecule has 0 spiro atoms. The molecule has 1 atom stereocenters. The lowest BCUT2D eigenvalue weighted by Gasteiger charge is -2.15. The average Bonchev–Trinajstić information content (AvgIpc) is 2.85. The predicted octanol–water partition coefficient (Wildman–Crippen LogP) is 5.32. The lowest BCUT2D eigenvalue weighted by atomic mass is 10.1. The summed E-state index contributed by atoms with van der Waals surface area (Å²) in [6.45, 7) is 3.89. The molecule has 194 valence electrons. The summed E-state index contributed by atoms with van der Waals surface area (Å²) < 4.78 is 11.0. The monoisotopic (exact) mass is 505 g/mol. The molecule has 37 heavy (non-hydrogen) atoms. The van der Waals surface area contributed by atoms with Crippen LogP contribution in [-0.4, -0.2) is 36.7 Å². The molecule has 0 aliphatic carbocycles. The van der Waals surface area contributed by atoms with E-state index in [4.69, 9.17) is 14.6 Å². The Hall–Kier alpha value is -4.53. The van der Waals surface area contributed by atoms with Crippen LogP contribution < -0.4 is 25.4 Å². The number of aryl methyl sites for hydroxylation is 1. The van der Waals surface area contributed by atoms with Gasteiger partial charge in [0.25, 0.3) is 0 Å². The molecule has 0 saturated carbocycles. The van der Waals surface area contributed by atoms with Crippen molar-refractivity contribution in [1.82, 2.24) is 0 Å². The van der Waals surface area contributed by atoms with Crippen LogP contribution in [0.5, 0.6) is 11.5 Å². The number of para-hydroxylation sites is 1. The van der Waals surface area contributed by atoms with Gasteiger partial charge in [0.2, 0.25) is 5.91 Å². The molecule has 0 saturated heterocycles. The highest BCUT2D eigenvalue weighted by Gasteiger charge is 2.13. The van der Waals surface area contributed by atoms with Gasteiger partial charge in [-0.2, -0.15) is 0 Å². The molecule has 9 nitrogen and oxygen atoms in total. The summed E-state index contributed by atoms with van der Waals surface area (Å²) >= 11 is 0. The van der Waals surface area contributed by atoms with E-state index in [1.165, 1.54) is 7.11 Å². The van der Waals surface area contributed by atoms with Gasteiger partial charge in [-0.05, 0) is 48.4 Å². The highest BCUT2D eigenvalue weighted by Crippen LogP contribution is 2.31. The Kier molecular flexibility index (Phi) is 9.48.